The van der Waals surface area contributed by atoms with Crippen LogP contribution < -0.4 is 5.73 Å². The molecule has 3 rings (SSSR count). The molecule has 0 heterocycles. The normalized spacial score (nSPS) is 25.0. The van der Waals surface area contributed by atoms with Crippen molar-refractivity contribution in [2.24, 2.45) is 11.1 Å². The molecule has 1 fully saturated rings. The third-order valence-corrected chi connectivity index (χ3v) is 7.94. The van der Waals surface area contributed by atoms with Crippen molar-refractivity contribution >= 4 is 50.2 Å². The summed E-state index contributed by atoms with van der Waals surface area (Å²) >= 11 is 17.3. The molecule has 2 N–H and O–H groups in total. The maximum absolute atomic E-state index is 13.3. The molecule has 0 aliphatic heterocycles. The van der Waals surface area contributed by atoms with E-state index in [9.17, 15) is 8.42 Å². The van der Waals surface area contributed by atoms with Crippen molar-refractivity contribution in [3.63, 3.8) is 0 Å². The number of ether oxygens (including phenoxy) is 1. The monoisotopic (exact) mass is 429 g/mol. The Hall–Kier alpha value is -1.18. The van der Waals surface area contributed by atoms with Gasteiger partial charge in [-0.05, 0) is 42.0 Å². The Bertz CT molecular complexity index is 947. The molecule has 0 aromatic heterocycles. The zero-order chi connectivity index (χ0) is 19.1. The quantitative estimate of drug-likeness (QED) is 0.705. The van der Waals surface area contributed by atoms with Crippen LogP contribution in [0.5, 0.6) is 0 Å². The number of nitrogens with two attached hydrogens (primary N) is 1. The first-order valence-electron chi connectivity index (χ1n) is 7.79. The molecule has 1 aliphatic rings. The van der Waals surface area contributed by atoms with Gasteiger partial charge < -0.3 is 10.5 Å². The summed E-state index contributed by atoms with van der Waals surface area (Å²) in [5, 5.41) is 0.155. The van der Waals surface area contributed by atoms with Crippen molar-refractivity contribution in [2.45, 2.75) is 16.1 Å². The number of benzene rings is 2. The molecule has 0 amide bonds. The maximum atomic E-state index is 13.3. The first kappa shape index (κ1) is 19.6. The van der Waals surface area contributed by atoms with Gasteiger partial charge in [-0.2, -0.15) is 0 Å². The molecular formula is C18H17Cl2NO3S2. The molecule has 4 nitrogen and oxygen atoms in total. The molecule has 1 saturated carbocycles. The summed E-state index contributed by atoms with van der Waals surface area (Å²) in [4.78, 5) is 0.292. The number of halogens is 2. The molecule has 3 atom stereocenters. The summed E-state index contributed by atoms with van der Waals surface area (Å²) in [6, 6.07) is 13.1. The van der Waals surface area contributed by atoms with Gasteiger partial charge in [0.2, 0.25) is 0 Å². The van der Waals surface area contributed by atoms with Gasteiger partial charge in [0, 0.05) is 23.1 Å². The average molecular weight is 430 g/mol. The van der Waals surface area contributed by atoms with Crippen LogP contribution in [0.15, 0.2) is 53.4 Å². The van der Waals surface area contributed by atoms with Crippen LogP contribution in [0.1, 0.15) is 11.5 Å². The standard InChI is InChI=1S/C18H17Cl2NO3S2/c1-24-10-18(17(21)25)15(11-3-2-4-13(20)9-11)16(18)26(22,23)14-7-5-12(19)6-8-14/h2-9,15-16H,10H2,1H3,(H2,21,25)/t15-,16-,18+/m0/s1. The van der Waals surface area contributed by atoms with E-state index in [0.717, 1.165) is 5.56 Å². The Morgan fingerprint density at radius 1 is 1.19 bits per heavy atom. The van der Waals surface area contributed by atoms with Gasteiger partial charge in [0.15, 0.2) is 9.84 Å². The van der Waals surface area contributed by atoms with Crippen LogP contribution in [0.3, 0.4) is 0 Å². The van der Waals surface area contributed by atoms with Crippen molar-refractivity contribution in [1.82, 2.24) is 0 Å². The summed E-state index contributed by atoms with van der Waals surface area (Å²) in [5.41, 5.74) is 5.80. The molecule has 0 spiro atoms. The number of hydrogen-bond acceptors (Lipinski definition) is 4. The number of hydrogen-bond donors (Lipinski definition) is 1. The van der Waals surface area contributed by atoms with Crippen molar-refractivity contribution in [2.75, 3.05) is 13.7 Å². The van der Waals surface area contributed by atoms with E-state index in [1.807, 2.05) is 6.07 Å². The third kappa shape index (κ3) is 3.14. The minimum absolute atomic E-state index is 0.108. The SMILES string of the molecule is COC[C@@]1(C(N)=S)[C@@H](c2cccc(Cl)c2)[C@@H]1S(=O)(=O)c1ccc(Cl)cc1. The van der Waals surface area contributed by atoms with E-state index >= 15 is 0 Å². The first-order chi connectivity index (χ1) is 12.2. The highest BCUT2D eigenvalue weighted by Crippen LogP contribution is 2.64. The molecule has 138 valence electrons. The van der Waals surface area contributed by atoms with E-state index in [4.69, 9.17) is 45.9 Å². The van der Waals surface area contributed by atoms with Gasteiger partial charge in [0.05, 0.1) is 27.2 Å². The largest absolute Gasteiger partial charge is 0.393 e. The molecule has 0 radical (unpaired) electrons. The van der Waals surface area contributed by atoms with Crippen LogP contribution >= 0.6 is 35.4 Å². The molecular weight excluding hydrogens is 413 g/mol. The lowest BCUT2D eigenvalue weighted by molar-refractivity contribution is 0.166. The second-order valence-electron chi connectivity index (χ2n) is 6.29. The Morgan fingerprint density at radius 3 is 2.38 bits per heavy atom. The predicted octanol–water partition coefficient (Wildman–Crippen LogP) is 3.85. The van der Waals surface area contributed by atoms with Crippen molar-refractivity contribution in [3.8, 4) is 0 Å². The maximum Gasteiger partial charge on any atom is 0.182 e. The lowest BCUT2D eigenvalue weighted by atomic mass is 10.00. The van der Waals surface area contributed by atoms with Gasteiger partial charge >= 0.3 is 0 Å². The first-order valence-corrected chi connectivity index (χ1v) is 10.5. The van der Waals surface area contributed by atoms with Crippen LogP contribution in [-0.2, 0) is 14.6 Å². The Balaban J connectivity index is 2.13. The third-order valence-electron chi connectivity index (χ3n) is 4.78. The van der Waals surface area contributed by atoms with Gasteiger partial charge in [-0.15, -0.1) is 0 Å². The van der Waals surface area contributed by atoms with E-state index in [1.165, 1.54) is 19.2 Å². The number of thiocarbonyl (C=S) groups is 1. The highest BCUT2D eigenvalue weighted by atomic mass is 35.5. The van der Waals surface area contributed by atoms with Crippen LogP contribution in [0, 0.1) is 5.41 Å². The Morgan fingerprint density at radius 2 is 1.85 bits per heavy atom. The molecule has 2 aromatic carbocycles. The topological polar surface area (TPSA) is 69.4 Å². The van der Waals surface area contributed by atoms with Crippen LogP contribution in [0.25, 0.3) is 0 Å². The van der Waals surface area contributed by atoms with Crippen LogP contribution in [0.4, 0.5) is 0 Å². The smallest absolute Gasteiger partial charge is 0.182 e. The minimum atomic E-state index is -3.72. The van der Waals surface area contributed by atoms with Gasteiger partial charge in [0.25, 0.3) is 0 Å². The van der Waals surface area contributed by atoms with Crippen molar-refractivity contribution in [3.05, 3.63) is 64.1 Å². The van der Waals surface area contributed by atoms with E-state index in [1.54, 1.807) is 30.3 Å². The summed E-state index contributed by atoms with van der Waals surface area (Å²) in [5.74, 6) is -0.431. The van der Waals surface area contributed by atoms with Gasteiger partial charge in [0.1, 0.15) is 0 Å². The molecule has 26 heavy (non-hydrogen) atoms. The fraction of sp³-hybridized carbons (Fsp3) is 0.278. The molecule has 0 unspecified atom stereocenters. The lowest BCUT2D eigenvalue weighted by Gasteiger charge is -2.16. The Kier molecular flexibility index (Phi) is 5.34. The van der Waals surface area contributed by atoms with Gasteiger partial charge in [-0.25, -0.2) is 8.42 Å². The average Bonchev–Trinajstić information content (AvgIpc) is 3.27. The molecule has 1 aliphatic carbocycles. The van der Waals surface area contributed by atoms with Crippen molar-refractivity contribution in [1.29, 1.82) is 0 Å². The summed E-state index contributed by atoms with van der Waals surface area (Å²) in [6.45, 7) is 0.108. The van der Waals surface area contributed by atoms with Crippen LogP contribution in [0.2, 0.25) is 10.0 Å². The fourth-order valence-corrected chi connectivity index (χ4v) is 6.68. The van der Waals surface area contributed by atoms with Crippen molar-refractivity contribution < 1.29 is 13.2 Å². The molecule has 8 heteroatoms. The fourth-order valence-electron chi connectivity index (χ4n) is 3.58. The highest BCUT2D eigenvalue weighted by molar-refractivity contribution is 7.92. The number of rotatable bonds is 6. The predicted molar refractivity (Wildman–Crippen MR) is 108 cm³/mol. The molecule has 0 bridgehead atoms. The summed E-state index contributed by atoms with van der Waals surface area (Å²) in [7, 11) is -2.22. The van der Waals surface area contributed by atoms with E-state index < -0.39 is 26.4 Å². The number of methoxy groups -OCH3 is 1. The summed E-state index contributed by atoms with van der Waals surface area (Å²) in [6.07, 6.45) is 0. The molecule has 0 saturated heterocycles. The zero-order valence-electron chi connectivity index (χ0n) is 13.9. The van der Waals surface area contributed by atoms with Gasteiger partial charge in [-0.1, -0.05) is 47.6 Å². The van der Waals surface area contributed by atoms with Crippen LogP contribution in [-0.4, -0.2) is 32.4 Å². The van der Waals surface area contributed by atoms with E-state index in [2.05, 4.69) is 0 Å². The second-order valence-corrected chi connectivity index (χ2v) is 9.67. The second kappa shape index (κ2) is 7.09. The van der Waals surface area contributed by atoms with E-state index in [-0.39, 0.29) is 16.5 Å². The molecule has 2 aromatic rings. The highest BCUT2D eigenvalue weighted by Gasteiger charge is 2.73. The number of sulfone groups is 1. The Labute approximate surface area is 168 Å². The lowest BCUT2D eigenvalue weighted by Crippen LogP contribution is -2.33. The summed E-state index contributed by atoms with van der Waals surface area (Å²) < 4.78 is 32.0. The van der Waals surface area contributed by atoms with Gasteiger partial charge in [-0.3, -0.25) is 0 Å². The zero-order valence-corrected chi connectivity index (χ0v) is 17.0. The van der Waals surface area contributed by atoms with E-state index in [0.29, 0.717) is 10.0 Å². The minimum Gasteiger partial charge on any atom is -0.393 e.